The lowest BCUT2D eigenvalue weighted by Crippen LogP contribution is -2.15. The molecule has 0 bridgehead atoms. The number of fused-ring (bicyclic) bond motifs is 3. The molecule has 0 spiro atoms. The van der Waals surface area contributed by atoms with Crippen LogP contribution in [0.3, 0.4) is 0 Å². The molecule has 0 N–H and O–H groups in total. The summed E-state index contributed by atoms with van der Waals surface area (Å²) in [7, 11) is 0. The van der Waals surface area contributed by atoms with Crippen molar-refractivity contribution < 1.29 is 22.7 Å². The average molecular weight is 404 g/mol. The lowest BCUT2D eigenvalue weighted by atomic mass is 10.1. The Morgan fingerprint density at radius 1 is 1.11 bits per heavy atom. The smallest absolute Gasteiger partial charge is 0.416 e. The Morgan fingerprint density at radius 3 is 2.54 bits per heavy atom. The van der Waals surface area contributed by atoms with E-state index in [0.29, 0.717) is 4.96 Å². The number of alkyl halides is 3. The molecule has 0 amide bonds. The fourth-order valence-electron chi connectivity index (χ4n) is 2.72. The van der Waals surface area contributed by atoms with Gasteiger partial charge >= 0.3 is 12.1 Å². The van der Waals surface area contributed by atoms with Gasteiger partial charge in [-0.1, -0.05) is 23.5 Å². The minimum atomic E-state index is -4.48. The maximum Gasteiger partial charge on any atom is 0.416 e. The van der Waals surface area contributed by atoms with Crippen LogP contribution in [-0.4, -0.2) is 15.4 Å². The maximum absolute atomic E-state index is 12.6. The highest BCUT2D eigenvalue weighted by molar-refractivity contribution is 7.23. The zero-order valence-electron chi connectivity index (χ0n) is 14.1. The summed E-state index contributed by atoms with van der Waals surface area (Å²) in [6.45, 7) is -0.264. The van der Waals surface area contributed by atoms with Crippen LogP contribution in [0.15, 0.2) is 59.4 Å². The summed E-state index contributed by atoms with van der Waals surface area (Å²) in [5, 5.41) is 0. The molecule has 0 fully saturated rings. The summed E-state index contributed by atoms with van der Waals surface area (Å²) in [6, 6.07) is 12.3. The molecule has 0 aliphatic carbocycles. The van der Waals surface area contributed by atoms with Crippen LogP contribution in [-0.2, 0) is 17.5 Å². The molecule has 0 radical (unpaired) electrons. The number of rotatable bonds is 3. The van der Waals surface area contributed by atoms with E-state index in [1.807, 2.05) is 24.3 Å². The van der Waals surface area contributed by atoms with Gasteiger partial charge in [0.1, 0.15) is 6.61 Å². The fraction of sp³-hybridized carbons (Fsp3) is 0.105. The van der Waals surface area contributed by atoms with Gasteiger partial charge in [0, 0.05) is 6.07 Å². The number of hydrogen-bond acceptors (Lipinski definition) is 5. The van der Waals surface area contributed by atoms with Crippen LogP contribution in [0.4, 0.5) is 13.2 Å². The normalized spacial score (nSPS) is 11.8. The van der Waals surface area contributed by atoms with Crippen LogP contribution in [0.1, 0.15) is 21.6 Å². The molecule has 2 heterocycles. The fourth-order valence-corrected chi connectivity index (χ4v) is 3.77. The molecule has 5 nitrogen and oxygen atoms in total. The molecular weight excluding hydrogens is 393 g/mol. The molecule has 0 aliphatic rings. The van der Waals surface area contributed by atoms with Gasteiger partial charge in [-0.05, 0) is 36.4 Å². The lowest BCUT2D eigenvalue weighted by Gasteiger charge is -2.08. The van der Waals surface area contributed by atoms with E-state index in [1.165, 1.54) is 21.8 Å². The molecular formula is C19H11F3N2O3S. The first kappa shape index (κ1) is 18.2. The Balaban J connectivity index is 1.54. The van der Waals surface area contributed by atoms with Crippen LogP contribution in [0.25, 0.3) is 15.2 Å². The van der Waals surface area contributed by atoms with Gasteiger partial charge in [-0.25, -0.2) is 9.78 Å². The van der Waals surface area contributed by atoms with Crippen molar-refractivity contribution in [1.29, 1.82) is 0 Å². The number of hydrogen-bond donors (Lipinski definition) is 0. The van der Waals surface area contributed by atoms with Crippen molar-refractivity contribution in [2.75, 3.05) is 0 Å². The van der Waals surface area contributed by atoms with Gasteiger partial charge in [-0.2, -0.15) is 13.2 Å². The second kappa shape index (κ2) is 6.75. The van der Waals surface area contributed by atoms with Gasteiger partial charge in [0.15, 0.2) is 4.96 Å². The van der Waals surface area contributed by atoms with Crippen molar-refractivity contribution in [2.24, 2.45) is 0 Å². The van der Waals surface area contributed by atoms with Crippen LogP contribution in [0, 0.1) is 0 Å². The van der Waals surface area contributed by atoms with Crippen molar-refractivity contribution in [3.05, 3.63) is 81.8 Å². The monoisotopic (exact) mass is 404 g/mol. The van der Waals surface area contributed by atoms with E-state index in [0.717, 1.165) is 34.5 Å². The first-order valence-electron chi connectivity index (χ1n) is 8.07. The van der Waals surface area contributed by atoms with Crippen molar-refractivity contribution in [1.82, 2.24) is 9.38 Å². The number of halogens is 3. The first-order valence-corrected chi connectivity index (χ1v) is 8.89. The maximum atomic E-state index is 12.6. The van der Waals surface area contributed by atoms with Gasteiger partial charge < -0.3 is 4.74 Å². The number of aromatic nitrogens is 2. The topological polar surface area (TPSA) is 60.7 Å². The highest BCUT2D eigenvalue weighted by atomic mass is 32.1. The third kappa shape index (κ3) is 3.36. The van der Waals surface area contributed by atoms with Crippen LogP contribution in [0.2, 0.25) is 0 Å². The molecule has 4 aromatic rings. The molecule has 0 unspecified atom stereocenters. The summed E-state index contributed by atoms with van der Waals surface area (Å²) < 4.78 is 45.2. The average Bonchev–Trinajstić information content (AvgIpc) is 3.04. The van der Waals surface area contributed by atoms with Gasteiger partial charge in [0.25, 0.3) is 5.56 Å². The van der Waals surface area contributed by atoms with Crippen LogP contribution >= 0.6 is 11.3 Å². The lowest BCUT2D eigenvalue weighted by molar-refractivity contribution is -0.137. The minimum Gasteiger partial charge on any atom is -0.456 e. The van der Waals surface area contributed by atoms with Gasteiger partial charge in [-0.15, -0.1) is 0 Å². The molecule has 142 valence electrons. The number of carbonyl (C=O) groups excluding carboxylic acids is 1. The van der Waals surface area contributed by atoms with Gasteiger partial charge in [-0.3, -0.25) is 9.20 Å². The Labute approximate surface area is 159 Å². The van der Waals surface area contributed by atoms with Crippen LogP contribution < -0.4 is 5.56 Å². The van der Waals surface area contributed by atoms with Crippen molar-refractivity contribution >= 4 is 32.5 Å². The zero-order chi connectivity index (χ0) is 19.9. The number of nitrogens with zero attached hydrogens (tertiary/aromatic N) is 2. The molecule has 0 atom stereocenters. The van der Waals surface area contributed by atoms with E-state index in [4.69, 9.17) is 4.74 Å². The van der Waals surface area contributed by atoms with E-state index in [9.17, 15) is 22.8 Å². The second-order valence-corrected chi connectivity index (χ2v) is 6.93. The van der Waals surface area contributed by atoms with Crippen molar-refractivity contribution in [2.45, 2.75) is 12.8 Å². The first-order chi connectivity index (χ1) is 13.3. The number of para-hydroxylation sites is 1. The Kier molecular flexibility index (Phi) is 4.38. The second-order valence-electron chi connectivity index (χ2n) is 5.92. The number of carbonyl (C=O) groups is 1. The molecule has 0 saturated heterocycles. The highest BCUT2D eigenvalue weighted by Crippen LogP contribution is 2.29. The largest absolute Gasteiger partial charge is 0.456 e. The van der Waals surface area contributed by atoms with Gasteiger partial charge in [0.2, 0.25) is 0 Å². The van der Waals surface area contributed by atoms with Gasteiger partial charge in [0.05, 0.1) is 27.0 Å². The Bertz CT molecular complexity index is 1240. The van der Waals surface area contributed by atoms with Crippen molar-refractivity contribution in [3.8, 4) is 0 Å². The van der Waals surface area contributed by atoms with E-state index in [1.54, 1.807) is 0 Å². The molecule has 4 rings (SSSR count). The van der Waals surface area contributed by atoms with E-state index in [2.05, 4.69) is 4.98 Å². The van der Waals surface area contributed by atoms with E-state index < -0.39 is 17.7 Å². The number of esters is 1. The van der Waals surface area contributed by atoms with Crippen molar-refractivity contribution in [3.63, 3.8) is 0 Å². The summed E-state index contributed by atoms with van der Waals surface area (Å²) in [5.41, 5.74) is -0.172. The Hall–Kier alpha value is -3.20. The summed E-state index contributed by atoms with van der Waals surface area (Å²) in [5.74, 6) is -0.799. The summed E-state index contributed by atoms with van der Waals surface area (Å²) >= 11 is 1.33. The van der Waals surface area contributed by atoms with E-state index >= 15 is 0 Å². The number of ether oxygens (including phenoxy) is 1. The number of benzene rings is 2. The quantitative estimate of drug-likeness (QED) is 0.478. The summed E-state index contributed by atoms with van der Waals surface area (Å²) in [6.07, 6.45) is -4.48. The molecule has 9 heteroatoms. The standard InChI is InChI=1S/C19H11F3N2O3S/c20-19(21,22)12-7-5-11(6-8-12)17(26)27-10-13-9-16(25)24-14-3-1-2-4-15(14)28-18(24)23-13/h1-9H,10H2. The highest BCUT2D eigenvalue weighted by Gasteiger charge is 2.30. The van der Waals surface area contributed by atoms with E-state index in [-0.39, 0.29) is 23.4 Å². The predicted octanol–water partition coefficient (Wildman–Crippen LogP) is 4.29. The zero-order valence-corrected chi connectivity index (χ0v) is 14.9. The Morgan fingerprint density at radius 2 is 1.82 bits per heavy atom. The number of thiazole rings is 1. The third-order valence-corrected chi connectivity index (χ3v) is 5.07. The molecule has 0 aliphatic heterocycles. The molecule has 0 saturated carbocycles. The molecule has 2 aromatic heterocycles. The summed E-state index contributed by atoms with van der Waals surface area (Å²) in [4.78, 5) is 29.3. The SMILES string of the molecule is O=C(OCc1cc(=O)n2c(n1)sc1ccccc12)c1ccc(C(F)(F)F)cc1. The molecule has 28 heavy (non-hydrogen) atoms. The third-order valence-electron chi connectivity index (χ3n) is 4.05. The minimum absolute atomic E-state index is 0.0207. The predicted molar refractivity (Wildman–Crippen MR) is 97.4 cm³/mol. The molecule has 2 aromatic carbocycles. The van der Waals surface area contributed by atoms with Crippen LogP contribution in [0.5, 0.6) is 0 Å².